The number of carbonyl (C=O) groups is 3. The second-order valence-corrected chi connectivity index (χ2v) is 11.2. The van der Waals surface area contributed by atoms with Gasteiger partial charge in [0.15, 0.2) is 0 Å². The van der Waals surface area contributed by atoms with Gasteiger partial charge in [0.05, 0.1) is 12.0 Å². The topological polar surface area (TPSA) is 108 Å². The van der Waals surface area contributed by atoms with Crippen LogP contribution in [0.1, 0.15) is 30.2 Å². The average molecular weight is 630 g/mol. The van der Waals surface area contributed by atoms with Crippen LogP contribution in [0.4, 0.5) is 10.5 Å². The maximum absolute atomic E-state index is 14.4. The van der Waals surface area contributed by atoms with E-state index in [4.69, 9.17) is 4.74 Å². The predicted molar refractivity (Wildman–Crippen MR) is 182 cm³/mol. The van der Waals surface area contributed by atoms with Gasteiger partial charge in [0.1, 0.15) is 19.2 Å². The average Bonchev–Trinajstić information content (AvgIpc) is 3.63. The fraction of sp³-hybridized carbons (Fsp3) is 0.211. The third kappa shape index (κ3) is 9.40. The molecule has 1 unspecified atom stereocenters. The van der Waals surface area contributed by atoms with Crippen LogP contribution in [-0.2, 0) is 33.9 Å². The first-order valence-electron chi connectivity index (χ1n) is 15.7. The van der Waals surface area contributed by atoms with Crippen LogP contribution < -0.4 is 10.2 Å². The Balaban J connectivity index is 1.40. The summed E-state index contributed by atoms with van der Waals surface area (Å²) in [5.74, 6) is -0.646. The molecule has 5 aromatic rings. The Morgan fingerprint density at radius 1 is 0.809 bits per heavy atom. The van der Waals surface area contributed by atoms with E-state index in [1.54, 1.807) is 11.1 Å². The van der Waals surface area contributed by atoms with E-state index in [-0.39, 0.29) is 32.0 Å². The Labute approximate surface area is 275 Å². The number of H-pyrrole nitrogens is 1. The molecule has 0 bridgehead atoms. The minimum absolute atomic E-state index is 0.0506. The molecule has 4 aromatic carbocycles. The highest BCUT2D eigenvalue weighted by Gasteiger charge is 2.30. The van der Waals surface area contributed by atoms with Crippen molar-refractivity contribution in [3.63, 3.8) is 0 Å². The summed E-state index contributed by atoms with van der Waals surface area (Å²) in [7, 11) is 0. The number of nitrogens with one attached hydrogen (secondary N) is 2. The number of para-hydroxylation sites is 1. The molecule has 2 N–H and O–H groups in total. The zero-order chi connectivity index (χ0) is 32.8. The summed E-state index contributed by atoms with van der Waals surface area (Å²) >= 11 is 0. The van der Waals surface area contributed by atoms with Gasteiger partial charge in [-0.15, -0.1) is 0 Å². The highest BCUT2D eigenvalue weighted by atomic mass is 16.5. The van der Waals surface area contributed by atoms with Crippen LogP contribution in [0, 0.1) is 0 Å². The lowest BCUT2D eigenvalue weighted by Crippen LogP contribution is -2.52. The molecule has 3 amide bonds. The first-order chi connectivity index (χ1) is 23.0. The molecule has 0 radical (unpaired) electrons. The molecule has 0 aliphatic carbocycles. The van der Waals surface area contributed by atoms with Gasteiger partial charge in [-0.2, -0.15) is 0 Å². The van der Waals surface area contributed by atoms with Gasteiger partial charge in [-0.25, -0.2) is 9.78 Å². The number of aromatic amines is 1. The minimum Gasteiger partial charge on any atom is -0.445 e. The number of hydrogen-bond donors (Lipinski definition) is 2. The molecule has 1 atom stereocenters. The number of ether oxygens (including phenoxy) is 1. The van der Waals surface area contributed by atoms with Crippen molar-refractivity contribution >= 4 is 23.6 Å². The summed E-state index contributed by atoms with van der Waals surface area (Å²) in [4.78, 5) is 51.7. The van der Waals surface area contributed by atoms with Gasteiger partial charge in [0.25, 0.3) is 0 Å². The fourth-order valence-electron chi connectivity index (χ4n) is 5.28. The van der Waals surface area contributed by atoms with E-state index in [0.29, 0.717) is 12.2 Å². The Bertz CT molecular complexity index is 1700. The zero-order valence-electron chi connectivity index (χ0n) is 26.4. The fourth-order valence-corrected chi connectivity index (χ4v) is 5.28. The molecule has 0 fully saturated rings. The third-order valence-corrected chi connectivity index (χ3v) is 7.66. The van der Waals surface area contributed by atoms with Gasteiger partial charge in [0.2, 0.25) is 11.8 Å². The third-order valence-electron chi connectivity index (χ3n) is 7.66. The van der Waals surface area contributed by atoms with Crippen molar-refractivity contribution in [3.05, 3.63) is 145 Å². The summed E-state index contributed by atoms with van der Waals surface area (Å²) in [6.07, 6.45) is 3.30. The number of nitrogens with zero attached hydrogens (tertiary/aromatic N) is 3. The highest BCUT2D eigenvalue weighted by Crippen LogP contribution is 2.21. The Hall–Kier alpha value is -5.70. The van der Waals surface area contributed by atoms with Crippen molar-refractivity contribution in [1.29, 1.82) is 0 Å². The molecule has 0 aliphatic heterocycles. The molecule has 240 valence electrons. The van der Waals surface area contributed by atoms with Crippen molar-refractivity contribution in [2.75, 3.05) is 18.0 Å². The summed E-state index contributed by atoms with van der Waals surface area (Å²) < 4.78 is 5.47. The summed E-state index contributed by atoms with van der Waals surface area (Å²) in [5, 5.41) is 2.75. The largest absolute Gasteiger partial charge is 0.445 e. The number of aromatic nitrogens is 2. The number of amides is 3. The standard InChI is InChI=1S/C38H39N5O4/c1-2-22-43(34-16-10-5-11-17-34)36(44)26-42(25-29-18-20-32(21-19-29)31-14-8-4-9-15-31)37(45)35(23-33-24-39-28-40-33)41-38(46)47-27-30-12-6-3-7-13-30/h3-21,24,28,35H,2,22-23,25-27H2,1H3,(H,39,40)(H,41,46). The normalized spacial score (nSPS) is 11.3. The number of benzene rings is 4. The molecular weight excluding hydrogens is 590 g/mol. The lowest BCUT2D eigenvalue weighted by molar-refractivity contribution is -0.137. The van der Waals surface area contributed by atoms with E-state index >= 15 is 0 Å². The Morgan fingerprint density at radius 2 is 1.45 bits per heavy atom. The van der Waals surface area contributed by atoms with Crippen LogP contribution in [0.15, 0.2) is 128 Å². The van der Waals surface area contributed by atoms with Crippen molar-refractivity contribution in [3.8, 4) is 11.1 Å². The number of anilines is 1. The van der Waals surface area contributed by atoms with Crippen molar-refractivity contribution < 1.29 is 19.1 Å². The highest BCUT2D eigenvalue weighted by molar-refractivity contribution is 5.97. The molecule has 9 heteroatoms. The van der Waals surface area contributed by atoms with Crippen LogP contribution >= 0.6 is 0 Å². The number of imidazole rings is 1. The predicted octanol–water partition coefficient (Wildman–Crippen LogP) is 6.39. The van der Waals surface area contributed by atoms with Gasteiger partial charge < -0.3 is 24.8 Å². The quantitative estimate of drug-likeness (QED) is 0.148. The lowest BCUT2D eigenvalue weighted by Gasteiger charge is -2.30. The monoisotopic (exact) mass is 629 g/mol. The molecule has 47 heavy (non-hydrogen) atoms. The van der Waals surface area contributed by atoms with Gasteiger partial charge in [-0.1, -0.05) is 110 Å². The van der Waals surface area contributed by atoms with E-state index in [1.165, 1.54) is 11.2 Å². The lowest BCUT2D eigenvalue weighted by atomic mass is 10.0. The smallest absolute Gasteiger partial charge is 0.408 e. The first-order valence-corrected chi connectivity index (χ1v) is 15.7. The molecule has 0 saturated carbocycles. The van der Waals surface area contributed by atoms with Crippen LogP contribution in [0.3, 0.4) is 0 Å². The van der Waals surface area contributed by atoms with Gasteiger partial charge >= 0.3 is 6.09 Å². The Morgan fingerprint density at radius 3 is 2.09 bits per heavy atom. The van der Waals surface area contributed by atoms with E-state index in [9.17, 15) is 14.4 Å². The number of rotatable bonds is 14. The maximum atomic E-state index is 14.4. The molecule has 0 saturated heterocycles. The van der Waals surface area contributed by atoms with Crippen molar-refractivity contribution in [1.82, 2.24) is 20.2 Å². The van der Waals surface area contributed by atoms with Crippen molar-refractivity contribution in [2.45, 2.75) is 39.0 Å². The van der Waals surface area contributed by atoms with E-state index in [0.717, 1.165) is 34.4 Å². The molecule has 1 aromatic heterocycles. The van der Waals surface area contributed by atoms with Gasteiger partial charge in [0, 0.05) is 31.4 Å². The van der Waals surface area contributed by atoms with E-state index in [1.807, 2.05) is 122 Å². The second-order valence-electron chi connectivity index (χ2n) is 11.2. The molecule has 0 aliphatic rings. The van der Waals surface area contributed by atoms with Crippen LogP contribution in [0.5, 0.6) is 0 Å². The molecule has 5 rings (SSSR count). The molecule has 1 heterocycles. The van der Waals surface area contributed by atoms with E-state index < -0.39 is 18.0 Å². The Kier molecular flexibility index (Phi) is 11.5. The number of alkyl carbamates (subject to hydrolysis) is 1. The summed E-state index contributed by atoms with van der Waals surface area (Å²) in [6.45, 7) is 2.52. The van der Waals surface area contributed by atoms with Crippen molar-refractivity contribution in [2.24, 2.45) is 0 Å². The number of carbonyl (C=O) groups excluding carboxylic acids is 3. The van der Waals surface area contributed by atoms with Crippen LogP contribution in [0.2, 0.25) is 0 Å². The first kappa shape index (κ1) is 32.7. The van der Waals surface area contributed by atoms with Gasteiger partial charge in [-0.3, -0.25) is 9.59 Å². The molecule has 0 spiro atoms. The van der Waals surface area contributed by atoms with Crippen LogP contribution in [-0.4, -0.2) is 51.9 Å². The maximum Gasteiger partial charge on any atom is 0.408 e. The van der Waals surface area contributed by atoms with Gasteiger partial charge in [-0.05, 0) is 40.8 Å². The SMILES string of the molecule is CCCN(C(=O)CN(Cc1ccc(-c2ccccc2)cc1)C(=O)C(Cc1c[nH]cn1)NC(=O)OCc1ccccc1)c1ccccc1. The zero-order valence-corrected chi connectivity index (χ0v) is 26.4. The molecular formula is C38H39N5O4. The summed E-state index contributed by atoms with van der Waals surface area (Å²) in [5.41, 5.74) is 5.13. The van der Waals surface area contributed by atoms with E-state index in [2.05, 4.69) is 15.3 Å². The summed E-state index contributed by atoms with van der Waals surface area (Å²) in [6, 6.07) is 35.6. The van der Waals surface area contributed by atoms with Crippen LogP contribution in [0.25, 0.3) is 11.1 Å². The number of hydrogen-bond acceptors (Lipinski definition) is 5. The minimum atomic E-state index is -1.03. The molecule has 9 nitrogen and oxygen atoms in total. The second kappa shape index (κ2) is 16.6.